The van der Waals surface area contributed by atoms with Crippen LogP contribution in [0.1, 0.15) is 45.2 Å². The van der Waals surface area contributed by atoms with E-state index >= 15 is 0 Å². The fraction of sp³-hybridized carbons (Fsp3) is 0.647. The molecule has 1 aromatic carbocycles. The quantitative estimate of drug-likeness (QED) is 0.846. The lowest BCUT2D eigenvalue weighted by Crippen LogP contribution is -2.39. The summed E-state index contributed by atoms with van der Waals surface area (Å²) >= 11 is 0. The SMILES string of the molecule is CCNC(C)c1ccc(N2CCCC(OCC)C2)cc1O. The van der Waals surface area contributed by atoms with E-state index in [1.54, 1.807) is 0 Å². The van der Waals surface area contributed by atoms with Gasteiger partial charge in [-0.3, -0.25) is 0 Å². The second kappa shape index (κ2) is 7.66. The average Bonchev–Trinajstić information content (AvgIpc) is 2.48. The lowest BCUT2D eigenvalue weighted by molar-refractivity contribution is 0.0526. The summed E-state index contributed by atoms with van der Waals surface area (Å²) in [4.78, 5) is 2.31. The molecule has 1 aliphatic heterocycles. The summed E-state index contributed by atoms with van der Waals surface area (Å²) in [5.74, 6) is 0.375. The molecule has 1 heterocycles. The first-order valence-corrected chi connectivity index (χ1v) is 8.08. The van der Waals surface area contributed by atoms with Crippen molar-refractivity contribution in [3.05, 3.63) is 23.8 Å². The molecule has 4 heteroatoms. The topological polar surface area (TPSA) is 44.7 Å². The van der Waals surface area contributed by atoms with Crippen molar-refractivity contribution < 1.29 is 9.84 Å². The van der Waals surface area contributed by atoms with Crippen molar-refractivity contribution >= 4 is 5.69 Å². The van der Waals surface area contributed by atoms with Crippen molar-refractivity contribution in [3.63, 3.8) is 0 Å². The Hall–Kier alpha value is -1.26. The Balaban J connectivity index is 2.08. The summed E-state index contributed by atoms with van der Waals surface area (Å²) in [7, 11) is 0. The number of anilines is 1. The molecule has 1 saturated heterocycles. The predicted octanol–water partition coefficient (Wildman–Crippen LogP) is 3.07. The van der Waals surface area contributed by atoms with Crippen LogP contribution in [0.25, 0.3) is 0 Å². The number of phenolic OH excluding ortho intramolecular Hbond substituents is 1. The molecule has 0 aliphatic carbocycles. The van der Waals surface area contributed by atoms with Crippen LogP contribution >= 0.6 is 0 Å². The maximum atomic E-state index is 10.3. The van der Waals surface area contributed by atoms with Crippen LogP contribution < -0.4 is 10.2 Å². The zero-order valence-electron chi connectivity index (χ0n) is 13.4. The Morgan fingerprint density at radius 3 is 2.90 bits per heavy atom. The van der Waals surface area contributed by atoms with Gasteiger partial charge in [-0.05, 0) is 39.3 Å². The fourth-order valence-electron chi connectivity index (χ4n) is 3.06. The van der Waals surface area contributed by atoms with Gasteiger partial charge in [0, 0.05) is 43.1 Å². The summed E-state index contributed by atoms with van der Waals surface area (Å²) in [6.07, 6.45) is 2.58. The molecule has 2 atom stereocenters. The number of nitrogens with one attached hydrogen (secondary N) is 1. The van der Waals surface area contributed by atoms with E-state index in [4.69, 9.17) is 4.74 Å². The van der Waals surface area contributed by atoms with Gasteiger partial charge in [0.25, 0.3) is 0 Å². The zero-order chi connectivity index (χ0) is 15.2. The molecule has 0 aromatic heterocycles. The van der Waals surface area contributed by atoms with Crippen molar-refractivity contribution in [2.24, 2.45) is 0 Å². The van der Waals surface area contributed by atoms with Gasteiger partial charge < -0.3 is 20.1 Å². The Kier molecular flexibility index (Phi) is 5.88. The van der Waals surface area contributed by atoms with E-state index in [0.29, 0.717) is 11.9 Å². The van der Waals surface area contributed by atoms with Gasteiger partial charge in [-0.15, -0.1) is 0 Å². The highest BCUT2D eigenvalue weighted by Crippen LogP contribution is 2.30. The molecule has 0 spiro atoms. The molecule has 2 rings (SSSR count). The van der Waals surface area contributed by atoms with Gasteiger partial charge in [0.05, 0.1) is 6.10 Å². The third kappa shape index (κ3) is 4.11. The number of phenols is 1. The van der Waals surface area contributed by atoms with Crippen molar-refractivity contribution in [2.75, 3.05) is 31.1 Å². The Morgan fingerprint density at radius 1 is 1.43 bits per heavy atom. The monoisotopic (exact) mass is 292 g/mol. The summed E-state index contributed by atoms with van der Waals surface area (Å²) in [6.45, 7) is 9.80. The summed E-state index contributed by atoms with van der Waals surface area (Å²) in [6, 6.07) is 6.19. The average molecular weight is 292 g/mol. The van der Waals surface area contributed by atoms with E-state index in [9.17, 15) is 5.11 Å². The third-order valence-electron chi connectivity index (χ3n) is 4.14. The number of aromatic hydroxyl groups is 1. The van der Waals surface area contributed by atoms with Gasteiger partial charge >= 0.3 is 0 Å². The van der Waals surface area contributed by atoms with Gasteiger partial charge in [0.2, 0.25) is 0 Å². The van der Waals surface area contributed by atoms with Crippen molar-refractivity contribution in [1.29, 1.82) is 0 Å². The fourth-order valence-corrected chi connectivity index (χ4v) is 3.06. The van der Waals surface area contributed by atoms with E-state index in [2.05, 4.69) is 30.1 Å². The second-order valence-corrected chi connectivity index (χ2v) is 5.69. The number of hydrogen-bond acceptors (Lipinski definition) is 4. The lowest BCUT2D eigenvalue weighted by Gasteiger charge is -2.34. The molecule has 1 aliphatic rings. The van der Waals surface area contributed by atoms with Crippen molar-refractivity contribution in [3.8, 4) is 5.75 Å². The molecular formula is C17H28N2O2. The number of benzene rings is 1. The standard InChI is InChI=1S/C17H28N2O2/c1-4-18-13(3)16-9-8-14(11-17(16)20)19-10-6-7-15(12-19)21-5-2/h8-9,11,13,15,18,20H,4-7,10,12H2,1-3H3. The summed E-state index contributed by atoms with van der Waals surface area (Å²) in [5.41, 5.74) is 2.04. The van der Waals surface area contributed by atoms with Crippen LogP contribution in [0, 0.1) is 0 Å². The minimum absolute atomic E-state index is 0.168. The Labute approximate surface area is 128 Å². The largest absolute Gasteiger partial charge is 0.508 e. The van der Waals surface area contributed by atoms with Crippen LogP contribution in [-0.2, 0) is 4.74 Å². The molecule has 1 fully saturated rings. The first kappa shape index (κ1) is 16.1. The van der Waals surface area contributed by atoms with E-state index in [1.165, 1.54) is 0 Å². The Bertz CT molecular complexity index is 448. The summed E-state index contributed by atoms with van der Waals surface area (Å²) < 4.78 is 5.74. The molecule has 2 N–H and O–H groups in total. The second-order valence-electron chi connectivity index (χ2n) is 5.69. The number of ether oxygens (including phenoxy) is 1. The molecule has 2 unspecified atom stereocenters. The maximum Gasteiger partial charge on any atom is 0.122 e. The van der Waals surface area contributed by atoms with Crippen LogP contribution in [0.4, 0.5) is 5.69 Å². The third-order valence-corrected chi connectivity index (χ3v) is 4.14. The highest BCUT2D eigenvalue weighted by Gasteiger charge is 2.21. The highest BCUT2D eigenvalue weighted by atomic mass is 16.5. The van der Waals surface area contributed by atoms with Crippen LogP contribution in [0.15, 0.2) is 18.2 Å². The van der Waals surface area contributed by atoms with E-state index in [1.807, 2.05) is 19.1 Å². The number of nitrogens with zero attached hydrogens (tertiary/aromatic N) is 1. The minimum Gasteiger partial charge on any atom is -0.508 e. The first-order chi connectivity index (χ1) is 10.2. The number of hydrogen-bond donors (Lipinski definition) is 2. The first-order valence-electron chi connectivity index (χ1n) is 8.08. The molecule has 0 radical (unpaired) electrons. The smallest absolute Gasteiger partial charge is 0.122 e. The highest BCUT2D eigenvalue weighted by molar-refractivity contribution is 5.54. The van der Waals surface area contributed by atoms with Crippen molar-refractivity contribution in [1.82, 2.24) is 5.32 Å². The molecule has 118 valence electrons. The molecule has 1 aromatic rings. The Morgan fingerprint density at radius 2 is 2.24 bits per heavy atom. The van der Waals surface area contributed by atoms with Crippen LogP contribution in [-0.4, -0.2) is 37.5 Å². The van der Waals surface area contributed by atoms with E-state index in [-0.39, 0.29) is 6.04 Å². The van der Waals surface area contributed by atoms with Crippen LogP contribution in [0.2, 0.25) is 0 Å². The van der Waals surface area contributed by atoms with Gasteiger partial charge in [-0.1, -0.05) is 13.0 Å². The molecule has 21 heavy (non-hydrogen) atoms. The zero-order valence-corrected chi connectivity index (χ0v) is 13.4. The van der Waals surface area contributed by atoms with E-state index in [0.717, 1.165) is 50.3 Å². The lowest BCUT2D eigenvalue weighted by atomic mass is 10.0. The van der Waals surface area contributed by atoms with Gasteiger partial charge in [-0.25, -0.2) is 0 Å². The number of rotatable bonds is 6. The molecule has 4 nitrogen and oxygen atoms in total. The predicted molar refractivity (Wildman–Crippen MR) is 87.1 cm³/mol. The van der Waals surface area contributed by atoms with Gasteiger partial charge in [0.15, 0.2) is 0 Å². The minimum atomic E-state index is 0.168. The molecular weight excluding hydrogens is 264 g/mol. The maximum absolute atomic E-state index is 10.3. The molecule has 0 amide bonds. The van der Waals surface area contributed by atoms with Crippen LogP contribution in [0.5, 0.6) is 5.75 Å². The van der Waals surface area contributed by atoms with Gasteiger partial charge in [0.1, 0.15) is 5.75 Å². The molecule has 0 bridgehead atoms. The normalized spacial score (nSPS) is 20.5. The van der Waals surface area contributed by atoms with Crippen molar-refractivity contribution in [2.45, 2.75) is 45.8 Å². The van der Waals surface area contributed by atoms with E-state index < -0.39 is 0 Å². The number of piperidine rings is 1. The summed E-state index contributed by atoms with van der Waals surface area (Å²) in [5, 5.41) is 13.6. The van der Waals surface area contributed by atoms with Crippen LogP contribution in [0.3, 0.4) is 0 Å². The molecule has 0 saturated carbocycles. The van der Waals surface area contributed by atoms with Gasteiger partial charge in [-0.2, -0.15) is 0 Å².